The second kappa shape index (κ2) is 7.12. The van der Waals surface area contributed by atoms with Crippen LogP contribution in [0.15, 0.2) is 53.4 Å². The van der Waals surface area contributed by atoms with Crippen molar-refractivity contribution in [2.24, 2.45) is 0 Å². The summed E-state index contributed by atoms with van der Waals surface area (Å²) in [6, 6.07) is 12.8. The summed E-state index contributed by atoms with van der Waals surface area (Å²) in [6.45, 7) is 1.83. The van der Waals surface area contributed by atoms with Gasteiger partial charge in [0.2, 0.25) is 10.0 Å². The summed E-state index contributed by atoms with van der Waals surface area (Å²) in [7, 11) is -2.27. The largest absolute Gasteiger partial charge is 0.346 e. The van der Waals surface area contributed by atoms with Gasteiger partial charge >= 0.3 is 0 Å². The summed E-state index contributed by atoms with van der Waals surface area (Å²) >= 11 is 5.94. The molecule has 0 radical (unpaired) electrons. The van der Waals surface area contributed by atoms with Gasteiger partial charge in [-0.1, -0.05) is 29.8 Å². The molecule has 0 bridgehead atoms. The van der Waals surface area contributed by atoms with Gasteiger partial charge in [-0.05, 0) is 49.9 Å². The van der Waals surface area contributed by atoms with Crippen LogP contribution in [-0.2, 0) is 10.0 Å². The maximum Gasteiger partial charge on any atom is 0.251 e. The molecule has 0 fully saturated rings. The summed E-state index contributed by atoms with van der Waals surface area (Å²) < 4.78 is 25.8. The number of benzene rings is 2. The number of sulfonamides is 1. The normalized spacial score (nSPS) is 12.7. The monoisotopic (exact) mass is 352 g/mol. The Morgan fingerprint density at radius 1 is 1.13 bits per heavy atom. The Hall–Kier alpha value is -1.89. The Labute approximate surface area is 140 Å². The highest BCUT2D eigenvalue weighted by Gasteiger charge is 2.16. The van der Waals surface area contributed by atoms with E-state index < -0.39 is 10.0 Å². The number of rotatable bonds is 5. The van der Waals surface area contributed by atoms with Crippen LogP contribution in [0.5, 0.6) is 0 Å². The third-order valence-corrected chi connectivity index (χ3v) is 5.02. The molecule has 2 aromatic carbocycles. The van der Waals surface area contributed by atoms with E-state index in [0.29, 0.717) is 5.02 Å². The van der Waals surface area contributed by atoms with Gasteiger partial charge in [-0.2, -0.15) is 0 Å². The number of amides is 1. The predicted molar refractivity (Wildman–Crippen MR) is 90.0 cm³/mol. The van der Waals surface area contributed by atoms with Crippen LogP contribution in [0.2, 0.25) is 5.02 Å². The Morgan fingerprint density at radius 2 is 1.83 bits per heavy atom. The highest BCUT2D eigenvalue weighted by atomic mass is 35.5. The van der Waals surface area contributed by atoms with Crippen LogP contribution in [0.3, 0.4) is 0 Å². The van der Waals surface area contributed by atoms with Crippen molar-refractivity contribution in [3.8, 4) is 0 Å². The first kappa shape index (κ1) is 17.5. The van der Waals surface area contributed by atoms with Gasteiger partial charge in [0.1, 0.15) is 0 Å². The molecule has 0 aliphatic heterocycles. The van der Waals surface area contributed by atoms with E-state index in [1.165, 1.54) is 25.2 Å². The second-order valence-electron chi connectivity index (χ2n) is 4.99. The first-order valence-corrected chi connectivity index (χ1v) is 8.79. The fourth-order valence-corrected chi connectivity index (χ4v) is 3.04. The van der Waals surface area contributed by atoms with Gasteiger partial charge in [0.25, 0.3) is 5.91 Å². The lowest BCUT2D eigenvalue weighted by atomic mass is 10.1. The Morgan fingerprint density at radius 3 is 2.48 bits per heavy atom. The second-order valence-corrected chi connectivity index (χ2v) is 7.31. The highest BCUT2D eigenvalue weighted by molar-refractivity contribution is 7.89. The molecule has 1 atom stereocenters. The Bertz CT molecular complexity index is 822. The average molecular weight is 353 g/mol. The lowest BCUT2D eigenvalue weighted by molar-refractivity contribution is 0.0939. The van der Waals surface area contributed by atoms with Crippen LogP contribution >= 0.6 is 11.6 Å². The van der Waals surface area contributed by atoms with E-state index in [-0.39, 0.29) is 22.4 Å². The van der Waals surface area contributed by atoms with Crippen LogP contribution in [-0.4, -0.2) is 21.4 Å². The SMILES string of the molecule is CNS(=O)(=O)c1cccc(C(=O)NC(C)c2cccc(Cl)c2)c1. The molecule has 1 amide bonds. The molecule has 0 aromatic heterocycles. The Kier molecular flexibility index (Phi) is 5.41. The molecule has 0 aliphatic rings. The predicted octanol–water partition coefficient (Wildman–Crippen LogP) is 2.74. The molecule has 1 unspecified atom stereocenters. The minimum Gasteiger partial charge on any atom is -0.346 e. The lowest BCUT2D eigenvalue weighted by Gasteiger charge is -2.15. The molecular formula is C16H17ClN2O3S. The van der Waals surface area contributed by atoms with E-state index in [1.807, 2.05) is 13.0 Å². The van der Waals surface area contributed by atoms with E-state index in [1.54, 1.807) is 24.3 Å². The molecule has 23 heavy (non-hydrogen) atoms. The van der Waals surface area contributed by atoms with Gasteiger partial charge < -0.3 is 5.32 Å². The minimum atomic E-state index is -3.59. The van der Waals surface area contributed by atoms with Crippen molar-refractivity contribution in [2.75, 3.05) is 7.05 Å². The molecule has 0 heterocycles. The van der Waals surface area contributed by atoms with Crippen molar-refractivity contribution in [3.63, 3.8) is 0 Å². The summed E-state index contributed by atoms with van der Waals surface area (Å²) in [5.41, 5.74) is 1.14. The Balaban J connectivity index is 2.20. The molecule has 0 saturated heterocycles. The van der Waals surface area contributed by atoms with E-state index in [4.69, 9.17) is 11.6 Å². The van der Waals surface area contributed by atoms with E-state index in [2.05, 4.69) is 10.0 Å². The smallest absolute Gasteiger partial charge is 0.251 e. The molecular weight excluding hydrogens is 336 g/mol. The summed E-state index contributed by atoms with van der Waals surface area (Å²) in [4.78, 5) is 12.4. The number of halogens is 1. The van der Waals surface area contributed by atoms with E-state index in [0.717, 1.165) is 5.56 Å². The molecule has 122 valence electrons. The van der Waals surface area contributed by atoms with Crippen molar-refractivity contribution in [1.82, 2.24) is 10.0 Å². The van der Waals surface area contributed by atoms with Crippen molar-refractivity contribution < 1.29 is 13.2 Å². The summed E-state index contributed by atoms with van der Waals surface area (Å²) in [5.74, 6) is -0.356. The molecule has 0 saturated carbocycles. The number of carbonyl (C=O) groups is 1. The van der Waals surface area contributed by atoms with Gasteiger partial charge in [0.05, 0.1) is 10.9 Å². The standard InChI is InChI=1S/C16H17ClN2O3S/c1-11(12-5-3-7-14(17)9-12)19-16(20)13-6-4-8-15(10-13)23(21,22)18-2/h3-11,18H,1-2H3,(H,19,20). The summed E-state index contributed by atoms with van der Waals surface area (Å²) in [6.07, 6.45) is 0. The molecule has 7 heteroatoms. The molecule has 5 nitrogen and oxygen atoms in total. The van der Waals surface area contributed by atoms with Crippen molar-refractivity contribution in [2.45, 2.75) is 17.9 Å². The zero-order valence-corrected chi connectivity index (χ0v) is 14.3. The zero-order chi connectivity index (χ0) is 17.0. The first-order chi connectivity index (χ1) is 10.8. The minimum absolute atomic E-state index is 0.0445. The fraction of sp³-hybridized carbons (Fsp3) is 0.188. The van der Waals surface area contributed by atoms with E-state index >= 15 is 0 Å². The van der Waals surface area contributed by atoms with E-state index in [9.17, 15) is 13.2 Å². The molecule has 2 aromatic rings. The van der Waals surface area contributed by atoms with Crippen molar-refractivity contribution in [1.29, 1.82) is 0 Å². The van der Waals surface area contributed by atoms with Crippen LogP contribution in [0.4, 0.5) is 0 Å². The van der Waals surface area contributed by atoms with Crippen LogP contribution in [0.25, 0.3) is 0 Å². The summed E-state index contributed by atoms with van der Waals surface area (Å²) in [5, 5.41) is 3.41. The molecule has 2 N–H and O–H groups in total. The third kappa shape index (κ3) is 4.31. The van der Waals surface area contributed by atoms with Gasteiger partial charge in [0, 0.05) is 10.6 Å². The highest BCUT2D eigenvalue weighted by Crippen LogP contribution is 2.18. The molecule has 2 rings (SSSR count). The fourth-order valence-electron chi connectivity index (χ4n) is 2.06. The van der Waals surface area contributed by atoms with Crippen LogP contribution < -0.4 is 10.0 Å². The van der Waals surface area contributed by atoms with Crippen molar-refractivity contribution in [3.05, 3.63) is 64.7 Å². The van der Waals surface area contributed by atoms with Gasteiger partial charge in [-0.25, -0.2) is 13.1 Å². The number of hydrogen-bond donors (Lipinski definition) is 2. The number of carbonyl (C=O) groups excluding carboxylic acids is 1. The molecule has 0 aliphatic carbocycles. The number of hydrogen-bond acceptors (Lipinski definition) is 3. The first-order valence-electron chi connectivity index (χ1n) is 6.93. The molecule has 0 spiro atoms. The van der Waals surface area contributed by atoms with Gasteiger partial charge in [-0.3, -0.25) is 4.79 Å². The topological polar surface area (TPSA) is 75.3 Å². The maximum atomic E-state index is 12.3. The van der Waals surface area contributed by atoms with Crippen LogP contribution in [0.1, 0.15) is 28.9 Å². The van der Waals surface area contributed by atoms with Gasteiger partial charge in [-0.15, -0.1) is 0 Å². The maximum absolute atomic E-state index is 12.3. The quantitative estimate of drug-likeness (QED) is 0.868. The lowest BCUT2D eigenvalue weighted by Crippen LogP contribution is -2.27. The van der Waals surface area contributed by atoms with Crippen LogP contribution in [0, 0.1) is 0 Å². The average Bonchev–Trinajstić information content (AvgIpc) is 2.55. The van der Waals surface area contributed by atoms with Gasteiger partial charge in [0.15, 0.2) is 0 Å². The number of nitrogens with one attached hydrogen (secondary N) is 2. The third-order valence-electron chi connectivity index (χ3n) is 3.37. The van der Waals surface area contributed by atoms with Crippen molar-refractivity contribution >= 4 is 27.5 Å². The zero-order valence-electron chi connectivity index (χ0n) is 12.7.